The van der Waals surface area contributed by atoms with Gasteiger partial charge >= 0.3 is 0 Å². The van der Waals surface area contributed by atoms with Crippen LogP contribution >= 0.6 is 11.6 Å². The van der Waals surface area contributed by atoms with Crippen LogP contribution in [0.1, 0.15) is 12.7 Å². The van der Waals surface area contributed by atoms with E-state index in [0.717, 1.165) is 18.1 Å². The Hall–Kier alpha value is -1.55. The molecule has 0 radical (unpaired) electrons. The van der Waals surface area contributed by atoms with Crippen molar-refractivity contribution in [3.05, 3.63) is 41.7 Å². The van der Waals surface area contributed by atoms with Gasteiger partial charge in [-0.3, -0.25) is 0 Å². The average molecular weight is 238 g/mol. The van der Waals surface area contributed by atoms with Crippen LogP contribution < -0.4 is 4.90 Å². The van der Waals surface area contributed by atoms with Gasteiger partial charge in [-0.1, -0.05) is 11.6 Å². The molecule has 2 aromatic heterocycles. The van der Waals surface area contributed by atoms with E-state index < -0.39 is 0 Å². The largest absolute Gasteiger partial charge is 0.467 e. The highest BCUT2D eigenvalue weighted by Gasteiger charge is 2.08. The van der Waals surface area contributed by atoms with Gasteiger partial charge in [0.1, 0.15) is 23.1 Å². The zero-order valence-electron chi connectivity index (χ0n) is 8.93. The van der Waals surface area contributed by atoms with Gasteiger partial charge in [0.25, 0.3) is 0 Å². The van der Waals surface area contributed by atoms with E-state index in [0.29, 0.717) is 11.7 Å². The summed E-state index contributed by atoms with van der Waals surface area (Å²) >= 11 is 5.83. The second-order valence-electron chi connectivity index (χ2n) is 3.29. The van der Waals surface area contributed by atoms with Gasteiger partial charge in [0.2, 0.25) is 0 Å². The van der Waals surface area contributed by atoms with Crippen molar-refractivity contribution in [1.29, 1.82) is 0 Å². The van der Waals surface area contributed by atoms with E-state index in [1.807, 2.05) is 12.1 Å². The van der Waals surface area contributed by atoms with Crippen LogP contribution in [0.4, 0.5) is 5.82 Å². The van der Waals surface area contributed by atoms with Crippen LogP contribution in [-0.2, 0) is 6.54 Å². The maximum atomic E-state index is 5.83. The van der Waals surface area contributed by atoms with Crippen molar-refractivity contribution < 1.29 is 4.42 Å². The predicted octanol–water partition coefficient (Wildman–Crippen LogP) is 2.75. The van der Waals surface area contributed by atoms with Crippen molar-refractivity contribution in [2.75, 3.05) is 11.4 Å². The second kappa shape index (κ2) is 4.99. The lowest BCUT2D eigenvalue weighted by atomic mass is 10.4. The van der Waals surface area contributed by atoms with Crippen LogP contribution in [0, 0.1) is 0 Å². The number of hydrogen-bond donors (Lipinski definition) is 0. The summed E-state index contributed by atoms with van der Waals surface area (Å²) < 4.78 is 5.30. The van der Waals surface area contributed by atoms with Gasteiger partial charge in [-0.15, -0.1) is 0 Å². The first-order chi connectivity index (χ1) is 7.79. The number of halogens is 1. The third-order valence-electron chi connectivity index (χ3n) is 2.25. The highest BCUT2D eigenvalue weighted by molar-refractivity contribution is 6.29. The molecule has 0 N–H and O–H groups in total. The highest BCUT2D eigenvalue weighted by Crippen LogP contribution is 2.16. The molecule has 0 amide bonds. The Morgan fingerprint density at radius 2 is 2.31 bits per heavy atom. The smallest absolute Gasteiger partial charge is 0.134 e. The first-order valence-corrected chi connectivity index (χ1v) is 5.42. The van der Waals surface area contributed by atoms with E-state index in [1.54, 1.807) is 12.3 Å². The molecular weight excluding hydrogens is 226 g/mol. The summed E-state index contributed by atoms with van der Waals surface area (Å²) in [6, 6.07) is 5.55. The third kappa shape index (κ3) is 2.52. The van der Waals surface area contributed by atoms with Gasteiger partial charge in [-0.05, 0) is 19.1 Å². The van der Waals surface area contributed by atoms with Crippen molar-refractivity contribution in [3.63, 3.8) is 0 Å². The lowest BCUT2D eigenvalue weighted by Crippen LogP contribution is -2.22. The van der Waals surface area contributed by atoms with Crippen molar-refractivity contribution >= 4 is 17.4 Å². The lowest BCUT2D eigenvalue weighted by Gasteiger charge is -2.20. The summed E-state index contributed by atoms with van der Waals surface area (Å²) in [5, 5.41) is 0.447. The van der Waals surface area contributed by atoms with E-state index in [1.165, 1.54) is 6.33 Å². The van der Waals surface area contributed by atoms with E-state index in [9.17, 15) is 0 Å². The third-order valence-corrected chi connectivity index (χ3v) is 2.46. The van der Waals surface area contributed by atoms with Crippen LogP contribution in [0.15, 0.2) is 35.2 Å². The minimum atomic E-state index is 0.447. The molecule has 84 valence electrons. The van der Waals surface area contributed by atoms with Crippen molar-refractivity contribution in [1.82, 2.24) is 9.97 Å². The summed E-state index contributed by atoms with van der Waals surface area (Å²) in [4.78, 5) is 10.1. The maximum Gasteiger partial charge on any atom is 0.134 e. The summed E-state index contributed by atoms with van der Waals surface area (Å²) in [7, 11) is 0. The molecule has 0 aliphatic rings. The van der Waals surface area contributed by atoms with E-state index in [4.69, 9.17) is 16.0 Å². The SMILES string of the molecule is CCN(Cc1ccco1)c1cc(Cl)ncn1. The normalized spacial score (nSPS) is 10.4. The molecule has 4 nitrogen and oxygen atoms in total. The number of anilines is 1. The van der Waals surface area contributed by atoms with Crippen LogP contribution in [0.3, 0.4) is 0 Å². The van der Waals surface area contributed by atoms with Gasteiger partial charge in [-0.25, -0.2) is 9.97 Å². The number of hydrogen-bond acceptors (Lipinski definition) is 4. The molecule has 2 rings (SSSR count). The Bertz CT molecular complexity index is 444. The molecule has 0 aliphatic heterocycles. The standard InChI is InChI=1S/C11H12ClN3O/c1-2-15(7-9-4-3-5-16-9)11-6-10(12)13-8-14-11/h3-6,8H,2,7H2,1H3. The molecule has 0 spiro atoms. The molecule has 16 heavy (non-hydrogen) atoms. The Balaban J connectivity index is 2.16. The number of rotatable bonds is 4. The number of nitrogens with zero attached hydrogens (tertiary/aromatic N) is 3. The zero-order valence-corrected chi connectivity index (χ0v) is 9.68. The monoisotopic (exact) mass is 237 g/mol. The minimum Gasteiger partial charge on any atom is -0.467 e. The lowest BCUT2D eigenvalue weighted by molar-refractivity contribution is 0.503. The summed E-state index contributed by atoms with van der Waals surface area (Å²) in [5.74, 6) is 1.70. The summed E-state index contributed by atoms with van der Waals surface area (Å²) in [6.07, 6.45) is 3.12. The van der Waals surface area contributed by atoms with Gasteiger partial charge < -0.3 is 9.32 Å². The van der Waals surface area contributed by atoms with Gasteiger partial charge in [0.15, 0.2) is 0 Å². The number of furan rings is 1. The van der Waals surface area contributed by atoms with Crippen molar-refractivity contribution in [2.24, 2.45) is 0 Å². The molecule has 0 saturated carbocycles. The summed E-state index contributed by atoms with van der Waals surface area (Å²) in [5.41, 5.74) is 0. The number of aromatic nitrogens is 2. The minimum absolute atomic E-state index is 0.447. The molecule has 0 unspecified atom stereocenters. The fourth-order valence-corrected chi connectivity index (χ4v) is 1.58. The van der Waals surface area contributed by atoms with E-state index >= 15 is 0 Å². The Labute approximate surface area is 98.9 Å². The second-order valence-corrected chi connectivity index (χ2v) is 3.68. The fourth-order valence-electron chi connectivity index (χ4n) is 1.44. The highest BCUT2D eigenvalue weighted by atomic mass is 35.5. The quantitative estimate of drug-likeness (QED) is 0.767. The Kier molecular flexibility index (Phi) is 3.41. The van der Waals surface area contributed by atoms with Crippen LogP contribution in [0.25, 0.3) is 0 Å². The van der Waals surface area contributed by atoms with Gasteiger partial charge in [0, 0.05) is 12.6 Å². The Morgan fingerprint density at radius 3 is 2.94 bits per heavy atom. The topological polar surface area (TPSA) is 42.2 Å². The first kappa shape index (κ1) is 11.0. The van der Waals surface area contributed by atoms with E-state index in [2.05, 4.69) is 21.8 Å². The molecule has 0 fully saturated rings. The fraction of sp³-hybridized carbons (Fsp3) is 0.273. The van der Waals surface area contributed by atoms with Gasteiger partial charge in [0.05, 0.1) is 12.8 Å². The molecule has 5 heteroatoms. The average Bonchev–Trinajstić information content (AvgIpc) is 2.78. The molecule has 0 atom stereocenters. The molecule has 0 saturated heterocycles. The molecule has 0 aromatic carbocycles. The van der Waals surface area contributed by atoms with Crippen LogP contribution in [-0.4, -0.2) is 16.5 Å². The van der Waals surface area contributed by atoms with Crippen LogP contribution in [0.5, 0.6) is 0 Å². The molecule has 0 aliphatic carbocycles. The first-order valence-electron chi connectivity index (χ1n) is 5.04. The van der Waals surface area contributed by atoms with Crippen molar-refractivity contribution in [3.8, 4) is 0 Å². The van der Waals surface area contributed by atoms with Crippen molar-refractivity contribution in [2.45, 2.75) is 13.5 Å². The van der Waals surface area contributed by atoms with Crippen LogP contribution in [0.2, 0.25) is 5.15 Å². The molecule has 2 heterocycles. The van der Waals surface area contributed by atoms with Gasteiger partial charge in [-0.2, -0.15) is 0 Å². The molecular formula is C11H12ClN3O. The maximum absolute atomic E-state index is 5.83. The molecule has 2 aromatic rings. The Morgan fingerprint density at radius 1 is 1.44 bits per heavy atom. The predicted molar refractivity (Wildman–Crippen MR) is 62.5 cm³/mol. The summed E-state index contributed by atoms with van der Waals surface area (Å²) in [6.45, 7) is 3.56. The molecule has 0 bridgehead atoms. The zero-order chi connectivity index (χ0) is 11.4. The van der Waals surface area contributed by atoms with E-state index in [-0.39, 0.29) is 0 Å².